The molecule has 6 heteroatoms. The molecule has 0 bridgehead atoms. The predicted molar refractivity (Wildman–Crippen MR) is 66.8 cm³/mol. The fourth-order valence-electron chi connectivity index (χ4n) is 1.37. The number of halogens is 1. The second-order valence-electron chi connectivity index (χ2n) is 3.29. The van der Waals surface area contributed by atoms with Gasteiger partial charge in [0.2, 0.25) is 5.43 Å². The third kappa shape index (κ3) is 1.69. The van der Waals surface area contributed by atoms with Gasteiger partial charge in [-0.1, -0.05) is 0 Å². The van der Waals surface area contributed by atoms with E-state index in [-0.39, 0.29) is 5.56 Å². The number of carboxylic acid groups (broad SMARTS) is 1. The summed E-state index contributed by atoms with van der Waals surface area (Å²) in [6, 6.07) is 1.64. The Labute approximate surface area is 104 Å². The molecule has 2 heterocycles. The van der Waals surface area contributed by atoms with E-state index in [1.807, 2.05) is 6.92 Å². The van der Waals surface area contributed by atoms with Crippen LogP contribution in [0.2, 0.25) is 0 Å². The number of aryl methyl sites for hydroxylation is 1. The highest BCUT2D eigenvalue weighted by Gasteiger charge is 2.12. The quantitative estimate of drug-likeness (QED) is 0.777. The minimum absolute atomic E-state index is 0.269. The van der Waals surface area contributed by atoms with Gasteiger partial charge in [-0.05, 0) is 35.6 Å². The molecule has 0 unspecified atom stereocenters. The van der Waals surface area contributed by atoms with Gasteiger partial charge >= 0.3 is 5.97 Å². The van der Waals surface area contributed by atoms with E-state index in [0.29, 0.717) is 11.0 Å². The van der Waals surface area contributed by atoms with Crippen LogP contribution in [-0.4, -0.2) is 21.0 Å². The lowest BCUT2D eigenvalue weighted by atomic mass is 10.2. The second kappa shape index (κ2) is 3.85. The van der Waals surface area contributed by atoms with Crippen molar-refractivity contribution in [2.45, 2.75) is 6.92 Å². The van der Waals surface area contributed by atoms with Gasteiger partial charge in [0.1, 0.15) is 11.2 Å². The molecule has 0 aliphatic heterocycles. The van der Waals surface area contributed by atoms with Gasteiger partial charge < -0.3 is 10.1 Å². The summed E-state index contributed by atoms with van der Waals surface area (Å²) in [6.07, 6.45) is 1.17. The molecule has 0 fully saturated rings. The number of hydrogen-bond donors (Lipinski definition) is 2. The fourth-order valence-corrected chi connectivity index (χ4v) is 1.81. The lowest BCUT2D eigenvalue weighted by Crippen LogP contribution is -2.16. The zero-order valence-electron chi connectivity index (χ0n) is 8.24. The van der Waals surface area contributed by atoms with Crippen LogP contribution in [0.3, 0.4) is 0 Å². The molecule has 0 atom stereocenters. The Balaban J connectivity index is 2.90. The Hall–Kier alpha value is -1.44. The predicted octanol–water partition coefficient (Wildman–Crippen LogP) is 1.53. The summed E-state index contributed by atoms with van der Waals surface area (Å²) in [5.74, 6) is -1.24. The maximum absolute atomic E-state index is 11.8. The van der Waals surface area contributed by atoms with Crippen molar-refractivity contribution < 1.29 is 9.90 Å². The normalized spacial score (nSPS) is 10.6. The number of carbonyl (C=O) groups is 1. The van der Waals surface area contributed by atoms with Gasteiger partial charge in [-0.25, -0.2) is 9.78 Å². The highest BCUT2D eigenvalue weighted by molar-refractivity contribution is 14.1. The molecule has 0 aliphatic rings. The van der Waals surface area contributed by atoms with Crippen molar-refractivity contribution in [3.05, 3.63) is 37.3 Å². The molecule has 0 amide bonds. The van der Waals surface area contributed by atoms with E-state index in [0.717, 1.165) is 9.26 Å². The van der Waals surface area contributed by atoms with Crippen LogP contribution in [0.25, 0.3) is 11.0 Å². The summed E-state index contributed by atoms with van der Waals surface area (Å²) in [6.45, 7) is 1.82. The first kappa shape index (κ1) is 11.1. The number of nitrogens with one attached hydrogen (secondary N) is 1. The zero-order chi connectivity index (χ0) is 11.9. The monoisotopic (exact) mass is 330 g/mol. The Morgan fingerprint density at radius 1 is 1.56 bits per heavy atom. The van der Waals surface area contributed by atoms with Crippen LogP contribution in [0.5, 0.6) is 0 Å². The Morgan fingerprint density at radius 2 is 2.25 bits per heavy atom. The van der Waals surface area contributed by atoms with E-state index in [9.17, 15) is 9.59 Å². The molecule has 0 radical (unpaired) electrons. The molecule has 2 rings (SSSR count). The van der Waals surface area contributed by atoms with E-state index in [1.54, 1.807) is 6.07 Å². The minimum atomic E-state index is -1.24. The van der Waals surface area contributed by atoms with Crippen molar-refractivity contribution in [2.24, 2.45) is 0 Å². The maximum Gasteiger partial charge on any atom is 0.341 e. The summed E-state index contributed by atoms with van der Waals surface area (Å²) in [5.41, 5.74) is 0.431. The van der Waals surface area contributed by atoms with Gasteiger partial charge in [0.15, 0.2) is 0 Å². The molecule has 0 aliphatic carbocycles. The number of carboxylic acids is 1. The van der Waals surface area contributed by atoms with Crippen LogP contribution in [0.4, 0.5) is 0 Å². The van der Waals surface area contributed by atoms with Crippen molar-refractivity contribution in [3.8, 4) is 0 Å². The largest absolute Gasteiger partial charge is 0.477 e. The van der Waals surface area contributed by atoms with Crippen molar-refractivity contribution in [3.63, 3.8) is 0 Å². The van der Waals surface area contributed by atoms with Gasteiger partial charge in [-0.3, -0.25) is 4.79 Å². The van der Waals surface area contributed by atoms with E-state index in [1.165, 1.54) is 6.20 Å². The van der Waals surface area contributed by atoms with Gasteiger partial charge in [-0.15, -0.1) is 0 Å². The summed E-state index contributed by atoms with van der Waals surface area (Å²) in [5, 5.41) is 9.11. The Bertz CT molecular complexity index is 648. The topological polar surface area (TPSA) is 83.1 Å². The van der Waals surface area contributed by atoms with Crippen molar-refractivity contribution >= 4 is 39.6 Å². The number of aromatic nitrogens is 2. The van der Waals surface area contributed by atoms with Crippen LogP contribution in [0, 0.1) is 10.5 Å². The van der Waals surface area contributed by atoms with E-state index >= 15 is 0 Å². The lowest BCUT2D eigenvalue weighted by molar-refractivity contribution is 0.0695. The highest BCUT2D eigenvalue weighted by atomic mass is 127. The zero-order valence-corrected chi connectivity index (χ0v) is 10.4. The average Bonchev–Trinajstić information content (AvgIpc) is 2.21. The summed E-state index contributed by atoms with van der Waals surface area (Å²) < 4.78 is 0.832. The molecule has 0 aromatic carbocycles. The van der Waals surface area contributed by atoms with Crippen LogP contribution in [0.15, 0.2) is 17.1 Å². The fraction of sp³-hybridized carbons (Fsp3) is 0.100. The number of rotatable bonds is 1. The Kier molecular flexibility index (Phi) is 2.66. The molecular formula is C10H7IN2O3. The highest BCUT2D eigenvalue weighted by Crippen LogP contribution is 2.14. The van der Waals surface area contributed by atoms with Gasteiger partial charge in [0, 0.05) is 9.77 Å². The molecular weight excluding hydrogens is 323 g/mol. The first-order valence-electron chi connectivity index (χ1n) is 4.42. The van der Waals surface area contributed by atoms with Crippen molar-refractivity contribution in [1.29, 1.82) is 0 Å². The SMILES string of the molecule is Cc1nc2[nH]cc(C(=O)O)c(=O)c2cc1I. The van der Waals surface area contributed by atoms with Gasteiger partial charge in [-0.2, -0.15) is 0 Å². The number of fused-ring (bicyclic) bond motifs is 1. The molecule has 0 spiro atoms. The van der Waals surface area contributed by atoms with E-state index in [2.05, 4.69) is 32.6 Å². The second-order valence-corrected chi connectivity index (χ2v) is 4.45. The van der Waals surface area contributed by atoms with Crippen LogP contribution in [0.1, 0.15) is 16.1 Å². The standard InChI is InChI=1S/C10H7IN2O3/c1-4-7(11)2-5-8(14)6(10(15)16)3-12-9(5)13-4/h2-3H,1H3,(H,15,16)(H,12,13,14). The molecule has 0 saturated carbocycles. The number of nitrogens with zero attached hydrogens (tertiary/aromatic N) is 1. The molecule has 16 heavy (non-hydrogen) atoms. The van der Waals surface area contributed by atoms with Crippen LogP contribution in [-0.2, 0) is 0 Å². The molecule has 5 nitrogen and oxygen atoms in total. The smallest absolute Gasteiger partial charge is 0.341 e. The van der Waals surface area contributed by atoms with Crippen molar-refractivity contribution in [2.75, 3.05) is 0 Å². The Morgan fingerprint density at radius 3 is 2.88 bits per heavy atom. The average molecular weight is 330 g/mol. The molecule has 2 N–H and O–H groups in total. The van der Waals surface area contributed by atoms with Gasteiger partial charge in [0.25, 0.3) is 0 Å². The van der Waals surface area contributed by atoms with Crippen LogP contribution >= 0.6 is 22.6 Å². The maximum atomic E-state index is 11.8. The first-order valence-corrected chi connectivity index (χ1v) is 5.50. The molecule has 82 valence electrons. The molecule has 0 saturated heterocycles. The number of aromatic amines is 1. The summed E-state index contributed by atoms with van der Waals surface area (Å²) in [4.78, 5) is 29.5. The molecule has 2 aromatic rings. The van der Waals surface area contributed by atoms with Crippen molar-refractivity contribution in [1.82, 2.24) is 9.97 Å². The number of pyridine rings is 2. The minimum Gasteiger partial charge on any atom is -0.477 e. The van der Waals surface area contributed by atoms with E-state index in [4.69, 9.17) is 5.11 Å². The summed E-state index contributed by atoms with van der Waals surface area (Å²) in [7, 11) is 0. The van der Waals surface area contributed by atoms with Crippen LogP contribution < -0.4 is 5.43 Å². The summed E-state index contributed by atoms with van der Waals surface area (Å²) >= 11 is 2.06. The lowest BCUT2D eigenvalue weighted by Gasteiger charge is -2.02. The molecule has 2 aromatic heterocycles. The number of H-pyrrole nitrogens is 1. The number of hydrogen-bond acceptors (Lipinski definition) is 3. The van der Waals surface area contributed by atoms with E-state index < -0.39 is 11.4 Å². The third-order valence-electron chi connectivity index (χ3n) is 2.22. The van der Waals surface area contributed by atoms with Gasteiger partial charge in [0.05, 0.1) is 11.1 Å². The first-order chi connectivity index (χ1) is 7.50. The third-order valence-corrected chi connectivity index (χ3v) is 3.32. The number of aromatic carboxylic acids is 1.